The van der Waals surface area contributed by atoms with E-state index >= 15 is 0 Å². The van der Waals surface area contributed by atoms with Crippen LogP contribution in [-0.4, -0.2) is 17.6 Å². The molecule has 0 saturated carbocycles. The molecule has 1 unspecified atom stereocenters. The maximum Gasteiger partial charge on any atom is 0.263 e. The van der Waals surface area contributed by atoms with Crippen molar-refractivity contribution in [3.8, 4) is 0 Å². The number of amides is 1. The molecule has 5 nitrogen and oxygen atoms in total. The molecule has 2 N–H and O–H groups in total. The molecule has 1 aromatic rings. The van der Waals surface area contributed by atoms with Crippen molar-refractivity contribution in [2.75, 3.05) is 0 Å². The molecule has 0 spiro atoms. The van der Waals surface area contributed by atoms with Gasteiger partial charge in [-0.25, -0.2) is 8.78 Å². The summed E-state index contributed by atoms with van der Waals surface area (Å²) in [6, 6.07) is 6.36. The summed E-state index contributed by atoms with van der Waals surface area (Å²) in [5.74, 6) is -0.177. The zero-order valence-electron chi connectivity index (χ0n) is 15.5. The van der Waals surface area contributed by atoms with Crippen LogP contribution in [0.5, 0.6) is 0 Å². The number of hydrogen-bond acceptors (Lipinski definition) is 4. The molecule has 3 aliphatic heterocycles. The Morgan fingerprint density at radius 3 is 2.81 bits per heavy atom. The number of carbonyl (C=O) groups excluding carboxylic acids is 1. The molecule has 0 saturated heterocycles. The number of benzene rings is 1. The van der Waals surface area contributed by atoms with Crippen LogP contribution < -0.4 is 10.6 Å². The second-order valence-electron chi connectivity index (χ2n) is 7.92. The van der Waals surface area contributed by atoms with Crippen LogP contribution in [0.25, 0.3) is 0 Å². The Morgan fingerprint density at radius 2 is 2.11 bits per heavy atom. The van der Waals surface area contributed by atoms with Gasteiger partial charge in [0.15, 0.2) is 6.17 Å². The van der Waals surface area contributed by atoms with Crippen molar-refractivity contribution in [1.82, 2.24) is 10.6 Å². The van der Waals surface area contributed by atoms with Crippen molar-refractivity contribution in [1.29, 1.82) is 0 Å². The summed E-state index contributed by atoms with van der Waals surface area (Å²) in [6.07, 6.45) is -0.130. The number of alkyl halides is 2. The smallest absolute Gasteiger partial charge is 0.263 e. The lowest BCUT2D eigenvalue weighted by Gasteiger charge is -2.48. The number of fused-ring (bicyclic) bond motifs is 1. The topological polar surface area (TPSA) is 65.8 Å². The Balaban J connectivity index is 1.98. The maximum atomic E-state index is 13.4. The minimum Gasteiger partial charge on any atom is -0.362 e. The molecule has 3 heterocycles. The number of azo groups is 1. The van der Waals surface area contributed by atoms with Crippen LogP contribution in [0.2, 0.25) is 0 Å². The lowest BCUT2D eigenvalue weighted by Crippen LogP contribution is -2.58. The molecular formula is C20H22F2N4O. The maximum absolute atomic E-state index is 13.4. The van der Waals surface area contributed by atoms with Crippen molar-refractivity contribution in [3.63, 3.8) is 0 Å². The van der Waals surface area contributed by atoms with Gasteiger partial charge in [0.2, 0.25) is 0 Å². The Labute approximate surface area is 156 Å². The first-order valence-electron chi connectivity index (χ1n) is 9.10. The van der Waals surface area contributed by atoms with E-state index in [1.165, 1.54) is 12.1 Å². The monoisotopic (exact) mass is 372 g/mol. The van der Waals surface area contributed by atoms with Crippen LogP contribution in [0.3, 0.4) is 0 Å². The quantitative estimate of drug-likeness (QED) is 0.839. The molecule has 27 heavy (non-hydrogen) atoms. The van der Waals surface area contributed by atoms with Gasteiger partial charge in [-0.3, -0.25) is 4.79 Å². The average molecular weight is 372 g/mol. The molecule has 142 valence electrons. The van der Waals surface area contributed by atoms with E-state index in [2.05, 4.69) is 20.9 Å². The molecule has 0 bridgehead atoms. The number of carbonyl (C=O) groups is 1. The fraction of sp³-hybridized carbons (Fsp3) is 0.450. The second kappa shape index (κ2) is 5.97. The third-order valence-electron chi connectivity index (χ3n) is 5.67. The van der Waals surface area contributed by atoms with Crippen LogP contribution in [0.15, 0.2) is 57.5 Å². The van der Waals surface area contributed by atoms with Gasteiger partial charge in [0, 0.05) is 28.8 Å². The molecular weight excluding hydrogens is 350 g/mol. The molecule has 1 aromatic carbocycles. The molecule has 3 aliphatic rings. The minimum absolute atomic E-state index is 0.0541. The second-order valence-corrected chi connectivity index (χ2v) is 7.92. The molecule has 0 aromatic heterocycles. The Kier molecular flexibility index (Phi) is 3.94. The molecule has 0 aliphatic carbocycles. The highest BCUT2D eigenvalue weighted by Crippen LogP contribution is 2.51. The average Bonchev–Trinajstić information content (AvgIpc) is 3.07. The zero-order chi connectivity index (χ0) is 19.4. The molecule has 7 heteroatoms. The van der Waals surface area contributed by atoms with E-state index in [-0.39, 0.29) is 17.6 Å². The van der Waals surface area contributed by atoms with Gasteiger partial charge in [0.1, 0.15) is 0 Å². The van der Waals surface area contributed by atoms with E-state index in [4.69, 9.17) is 0 Å². The van der Waals surface area contributed by atoms with Gasteiger partial charge in [-0.05, 0) is 31.9 Å². The standard InChI is InChI=1S/C20H22F2N4O/c1-4-20(12-7-5-6-11(8-12)16(21)22)13-10-23-26-17(13)24-14-9-19(2,3)25-18(27)15(14)20/h5-8,10,16-17,24H,4,9H2,1-3H3,(H,25,27)/t17?,20-/m0/s1. The Hall–Kier alpha value is -2.57. The van der Waals surface area contributed by atoms with E-state index in [9.17, 15) is 13.6 Å². The summed E-state index contributed by atoms with van der Waals surface area (Å²) in [6.45, 7) is 5.89. The summed E-state index contributed by atoms with van der Waals surface area (Å²) < 4.78 is 26.7. The fourth-order valence-electron chi connectivity index (χ4n) is 4.55. The van der Waals surface area contributed by atoms with Gasteiger partial charge in [-0.1, -0.05) is 25.1 Å². The number of hydrogen-bond donors (Lipinski definition) is 2. The fourth-order valence-corrected chi connectivity index (χ4v) is 4.55. The summed E-state index contributed by atoms with van der Waals surface area (Å²) in [5.41, 5.74) is 1.62. The molecule has 2 atom stereocenters. The molecule has 0 fully saturated rings. The first-order chi connectivity index (χ1) is 12.8. The van der Waals surface area contributed by atoms with Crippen LogP contribution >= 0.6 is 0 Å². The molecule has 4 rings (SSSR count). The van der Waals surface area contributed by atoms with E-state index in [1.54, 1.807) is 12.3 Å². The van der Waals surface area contributed by atoms with Gasteiger partial charge in [-0.15, -0.1) is 0 Å². The largest absolute Gasteiger partial charge is 0.362 e. The van der Waals surface area contributed by atoms with E-state index in [0.717, 1.165) is 11.3 Å². The predicted molar refractivity (Wildman–Crippen MR) is 97.1 cm³/mol. The third kappa shape index (κ3) is 2.59. The summed E-state index contributed by atoms with van der Waals surface area (Å²) >= 11 is 0. The van der Waals surface area contributed by atoms with E-state index < -0.39 is 17.4 Å². The first-order valence-corrected chi connectivity index (χ1v) is 9.10. The number of halogens is 2. The molecule has 0 radical (unpaired) electrons. The van der Waals surface area contributed by atoms with Gasteiger partial charge in [0.25, 0.3) is 12.3 Å². The van der Waals surface area contributed by atoms with Crippen LogP contribution in [-0.2, 0) is 10.2 Å². The van der Waals surface area contributed by atoms with Crippen molar-refractivity contribution in [2.24, 2.45) is 10.2 Å². The lowest BCUT2D eigenvalue weighted by atomic mass is 9.62. The SMILES string of the molecule is CC[C@]1(c2cccc(C(F)F)c2)C2=CN=NC2NC2=C1C(=O)NC(C)(C)C2. The van der Waals surface area contributed by atoms with Crippen LogP contribution in [0.1, 0.15) is 51.2 Å². The molecule has 1 amide bonds. The normalized spacial score (nSPS) is 28.4. The third-order valence-corrected chi connectivity index (χ3v) is 5.67. The van der Waals surface area contributed by atoms with E-state index in [0.29, 0.717) is 24.0 Å². The van der Waals surface area contributed by atoms with Gasteiger partial charge >= 0.3 is 0 Å². The Bertz CT molecular complexity index is 903. The lowest BCUT2D eigenvalue weighted by molar-refractivity contribution is -0.120. The summed E-state index contributed by atoms with van der Waals surface area (Å²) in [5, 5.41) is 14.7. The van der Waals surface area contributed by atoms with Crippen LogP contribution in [0, 0.1) is 0 Å². The van der Waals surface area contributed by atoms with Crippen LogP contribution in [0.4, 0.5) is 8.78 Å². The Morgan fingerprint density at radius 1 is 1.33 bits per heavy atom. The van der Waals surface area contributed by atoms with Crippen molar-refractivity contribution in [2.45, 2.75) is 57.2 Å². The number of rotatable bonds is 3. The minimum atomic E-state index is -2.57. The first kappa shape index (κ1) is 17.8. The van der Waals surface area contributed by atoms with Gasteiger partial charge in [-0.2, -0.15) is 10.2 Å². The van der Waals surface area contributed by atoms with Gasteiger partial charge in [0.05, 0.1) is 17.2 Å². The predicted octanol–water partition coefficient (Wildman–Crippen LogP) is 4.10. The highest BCUT2D eigenvalue weighted by atomic mass is 19.3. The van der Waals surface area contributed by atoms with Crippen molar-refractivity contribution in [3.05, 3.63) is 58.4 Å². The van der Waals surface area contributed by atoms with Gasteiger partial charge < -0.3 is 10.6 Å². The number of nitrogens with zero attached hydrogens (tertiary/aromatic N) is 2. The van der Waals surface area contributed by atoms with Crippen molar-refractivity contribution >= 4 is 5.91 Å². The van der Waals surface area contributed by atoms with Crippen molar-refractivity contribution < 1.29 is 13.6 Å². The zero-order valence-corrected chi connectivity index (χ0v) is 15.5. The van der Waals surface area contributed by atoms with E-state index in [1.807, 2.05) is 26.8 Å². The number of nitrogens with one attached hydrogen (secondary N) is 2. The summed E-state index contributed by atoms with van der Waals surface area (Å²) in [4.78, 5) is 13.2. The summed E-state index contributed by atoms with van der Waals surface area (Å²) in [7, 11) is 0. The highest BCUT2D eigenvalue weighted by Gasteiger charge is 2.53. The highest BCUT2D eigenvalue weighted by molar-refractivity contribution is 6.00.